The molecule has 0 saturated carbocycles. The van der Waals surface area contributed by atoms with Gasteiger partial charge in [-0.15, -0.1) is 13.2 Å². The summed E-state index contributed by atoms with van der Waals surface area (Å²) in [6, 6.07) is 2.21. The third kappa shape index (κ3) is 5.06. The van der Waals surface area contributed by atoms with Crippen molar-refractivity contribution in [2.45, 2.75) is 24.6 Å². The number of ether oxygens (including phenoxy) is 1. The first-order chi connectivity index (χ1) is 10.5. The number of carboxylic acid groups (broad SMARTS) is 1. The summed E-state index contributed by atoms with van der Waals surface area (Å²) in [7, 11) is -4.64. The first kappa shape index (κ1) is 19.2. The highest BCUT2D eigenvalue weighted by atomic mass is 32.2. The Morgan fingerprint density at radius 3 is 2.43 bits per heavy atom. The highest BCUT2D eigenvalue weighted by Crippen LogP contribution is 2.30. The molecule has 0 aliphatic heterocycles. The van der Waals surface area contributed by atoms with Crippen molar-refractivity contribution in [2.24, 2.45) is 0 Å². The topological polar surface area (TPSA) is 83.9 Å². The maximum atomic E-state index is 14.1. The molecule has 0 bridgehead atoms. The normalized spacial score (nSPS) is 12.4. The van der Waals surface area contributed by atoms with E-state index in [1.54, 1.807) is 6.92 Å². The molecule has 0 saturated heterocycles. The number of hydrogen-bond donors (Lipinski definition) is 1. The number of sulfonamides is 1. The second kappa shape index (κ2) is 7.13. The van der Waals surface area contributed by atoms with Crippen LogP contribution in [0, 0.1) is 5.82 Å². The van der Waals surface area contributed by atoms with Gasteiger partial charge in [0.2, 0.25) is 10.0 Å². The molecule has 0 unspecified atom stereocenters. The summed E-state index contributed by atoms with van der Waals surface area (Å²) in [5.41, 5.74) is 0. The Bertz CT molecular complexity index is 675. The van der Waals surface area contributed by atoms with Gasteiger partial charge in [-0.1, -0.05) is 13.0 Å². The van der Waals surface area contributed by atoms with Gasteiger partial charge in [0.25, 0.3) is 0 Å². The second-order valence-corrected chi connectivity index (χ2v) is 6.25. The lowest BCUT2D eigenvalue weighted by Gasteiger charge is -2.20. The van der Waals surface area contributed by atoms with Crippen molar-refractivity contribution < 1.29 is 40.6 Å². The van der Waals surface area contributed by atoms with Gasteiger partial charge in [-0.3, -0.25) is 4.79 Å². The number of nitrogens with zero attached hydrogens (tertiary/aromatic N) is 1. The van der Waals surface area contributed by atoms with Gasteiger partial charge in [0, 0.05) is 6.54 Å². The molecule has 23 heavy (non-hydrogen) atoms. The van der Waals surface area contributed by atoms with Crippen LogP contribution in [0.2, 0.25) is 0 Å². The van der Waals surface area contributed by atoms with E-state index in [0.29, 0.717) is 10.4 Å². The van der Waals surface area contributed by atoms with E-state index in [9.17, 15) is 30.8 Å². The Kier molecular flexibility index (Phi) is 5.94. The summed E-state index contributed by atoms with van der Waals surface area (Å²) in [6.07, 6.45) is -4.97. The first-order valence-corrected chi connectivity index (χ1v) is 7.69. The lowest BCUT2D eigenvalue weighted by molar-refractivity contribution is -0.275. The molecule has 130 valence electrons. The van der Waals surface area contributed by atoms with Crippen molar-refractivity contribution in [1.82, 2.24) is 4.31 Å². The molecule has 0 aliphatic rings. The summed E-state index contributed by atoms with van der Waals surface area (Å²) < 4.78 is 79.0. The number of alkyl halides is 3. The maximum absolute atomic E-state index is 14.1. The minimum atomic E-state index is -5.20. The fourth-order valence-electron chi connectivity index (χ4n) is 1.72. The average Bonchev–Trinajstić information content (AvgIpc) is 2.38. The highest BCUT2D eigenvalue weighted by molar-refractivity contribution is 7.89. The van der Waals surface area contributed by atoms with Crippen LogP contribution < -0.4 is 4.74 Å². The molecular weight excluding hydrogens is 346 g/mol. The molecule has 0 heterocycles. The van der Waals surface area contributed by atoms with Crippen LogP contribution in [0.15, 0.2) is 23.1 Å². The molecule has 0 radical (unpaired) electrons. The van der Waals surface area contributed by atoms with Crippen LogP contribution in [0.3, 0.4) is 0 Å². The van der Waals surface area contributed by atoms with Gasteiger partial charge in [-0.2, -0.15) is 4.31 Å². The van der Waals surface area contributed by atoms with Crippen LogP contribution in [0.1, 0.15) is 13.3 Å². The number of benzene rings is 1. The molecule has 0 aromatic heterocycles. The van der Waals surface area contributed by atoms with Crippen molar-refractivity contribution in [3.05, 3.63) is 24.0 Å². The first-order valence-electron chi connectivity index (χ1n) is 6.25. The molecule has 1 rings (SSSR count). The summed E-state index contributed by atoms with van der Waals surface area (Å²) in [5.74, 6) is -4.54. The van der Waals surface area contributed by atoms with E-state index in [2.05, 4.69) is 4.74 Å². The van der Waals surface area contributed by atoms with Gasteiger partial charge >= 0.3 is 12.3 Å². The van der Waals surface area contributed by atoms with E-state index >= 15 is 0 Å². The zero-order chi connectivity index (χ0) is 17.8. The SMILES string of the molecule is CCCN(CC(=O)O)S(=O)(=O)c1cccc(OC(F)(F)F)c1F. The molecule has 11 heteroatoms. The molecular formula is C12H13F4NO5S. The zero-order valence-corrected chi connectivity index (χ0v) is 12.6. The van der Waals surface area contributed by atoms with Gasteiger partial charge in [-0.05, 0) is 18.6 Å². The Morgan fingerprint density at radius 1 is 1.35 bits per heavy atom. The van der Waals surface area contributed by atoms with Gasteiger partial charge in [0.05, 0.1) is 0 Å². The van der Waals surface area contributed by atoms with Gasteiger partial charge in [0.15, 0.2) is 11.6 Å². The van der Waals surface area contributed by atoms with Gasteiger partial charge in [0.1, 0.15) is 11.4 Å². The minimum Gasteiger partial charge on any atom is -0.480 e. The number of aliphatic carboxylic acids is 1. The van der Waals surface area contributed by atoms with Crippen LogP contribution in [0.25, 0.3) is 0 Å². The Morgan fingerprint density at radius 2 is 1.96 bits per heavy atom. The third-order valence-corrected chi connectivity index (χ3v) is 4.42. The molecule has 0 aliphatic carbocycles. The monoisotopic (exact) mass is 359 g/mol. The number of carboxylic acids is 1. The standard InChI is InChI=1S/C12H13F4NO5S/c1-2-6-17(7-10(18)19)23(20,21)9-5-3-4-8(11(9)13)22-12(14,15)16/h3-5H,2,6-7H2,1H3,(H,18,19). The van der Waals surface area contributed by atoms with E-state index < -0.39 is 45.4 Å². The average molecular weight is 359 g/mol. The highest BCUT2D eigenvalue weighted by Gasteiger charge is 2.35. The molecule has 6 nitrogen and oxygen atoms in total. The van der Waals surface area contributed by atoms with Crippen LogP contribution in [-0.4, -0.2) is 43.3 Å². The van der Waals surface area contributed by atoms with Crippen molar-refractivity contribution in [3.8, 4) is 5.75 Å². The third-order valence-electron chi connectivity index (χ3n) is 2.56. The Hall–Kier alpha value is -1.88. The van der Waals surface area contributed by atoms with Crippen molar-refractivity contribution in [3.63, 3.8) is 0 Å². The second-order valence-electron chi connectivity index (χ2n) is 4.35. The number of halogens is 4. The van der Waals surface area contributed by atoms with E-state index in [4.69, 9.17) is 5.11 Å². The maximum Gasteiger partial charge on any atom is 0.573 e. The number of hydrogen-bond acceptors (Lipinski definition) is 4. The fourth-order valence-corrected chi connectivity index (χ4v) is 3.28. The summed E-state index contributed by atoms with van der Waals surface area (Å²) in [6.45, 7) is 0.377. The summed E-state index contributed by atoms with van der Waals surface area (Å²) >= 11 is 0. The molecule has 0 fully saturated rings. The summed E-state index contributed by atoms with van der Waals surface area (Å²) in [4.78, 5) is 9.64. The van der Waals surface area contributed by atoms with Crippen LogP contribution in [-0.2, 0) is 14.8 Å². The van der Waals surface area contributed by atoms with Crippen LogP contribution in [0.4, 0.5) is 17.6 Å². The van der Waals surface area contributed by atoms with Gasteiger partial charge < -0.3 is 9.84 Å². The molecule has 0 amide bonds. The van der Waals surface area contributed by atoms with E-state index in [1.165, 1.54) is 0 Å². The predicted octanol–water partition coefficient (Wildman–Crippen LogP) is 2.21. The molecule has 0 spiro atoms. The lowest BCUT2D eigenvalue weighted by Crippen LogP contribution is -2.36. The van der Waals surface area contributed by atoms with Crippen LogP contribution >= 0.6 is 0 Å². The Balaban J connectivity index is 3.31. The molecule has 1 N–H and O–H groups in total. The predicted molar refractivity (Wildman–Crippen MR) is 69.8 cm³/mol. The number of carbonyl (C=O) groups is 1. The van der Waals surface area contributed by atoms with E-state index in [-0.39, 0.29) is 13.0 Å². The van der Waals surface area contributed by atoms with E-state index in [0.717, 1.165) is 12.1 Å². The largest absolute Gasteiger partial charge is 0.573 e. The lowest BCUT2D eigenvalue weighted by atomic mass is 10.3. The molecule has 0 atom stereocenters. The Labute approximate surface area is 129 Å². The van der Waals surface area contributed by atoms with E-state index in [1.807, 2.05) is 0 Å². The molecule has 1 aromatic rings. The molecule has 1 aromatic carbocycles. The number of rotatable bonds is 7. The summed E-state index contributed by atoms with van der Waals surface area (Å²) in [5, 5.41) is 8.72. The quantitative estimate of drug-likeness (QED) is 0.755. The smallest absolute Gasteiger partial charge is 0.480 e. The minimum absolute atomic E-state index is 0.229. The van der Waals surface area contributed by atoms with Crippen molar-refractivity contribution in [2.75, 3.05) is 13.1 Å². The van der Waals surface area contributed by atoms with Gasteiger partial charge in [-0.25, -0.2) is 12.8 Å². The van der Waals surface area contributed by atoms with Crippen LogP contribution in [0.5, 0.6) is 5.75 Å². The van der Waals surface area contributed by atoms with Crippen molar-refractivity contribution >= 4 is 16.0 Å². The zero-order valence-electron chi connectivity index (χ0n) is 11.8. The fraction of sp³-hybridized carbons (Fsp3) is 0.417. The van der Waals surface area contributed by atoms with Crippen molar-refractivity contribution in [1.29, 1.82) is 0 Å².